The van der Waals surface area contributed by atoms with Crippen LogP contribution >= 0.6 is 0 Å². The first-order valence-electron chi connectivity index (χ1n) is 4.89. The first-order valence-corrected chi connectivity index (χ1v) is 5.89. The van der Waals surface area contributed by atoms with E-state index in [1.807, 2.05) is 0 Å². The van der Waals surface area contributed by atoms with E-state index in [1.165, 1.54) is 36.2 Å². The van der Waals surface area contributed by atoms with E-state index in [9.17, 15) is 0 Å². The second-order valence-electron chi connectivity index (χ2n) is 3.38. The largest absolute Gasteiger partial charge is 0.302 e. The number of rotatable bonds is 5. The van der Waals surface area contributed by atoms with Gasteiger partial charge in [-0.3, -0.25) is 0 Å². The van der Waals surface area contributed by atoms with Gasteiger partial charge >= 0.3 is 0 Å². The highest BCUT2D eigenvalue weighted by Crippen LogP contribution is 2.18. The van der Waals surface area contributed by atoms with Crippen LogP contribution in [0.4, 0.5) is 0 Å². The summed E-state index contributed by atoms with van der Waals surface area (Å²) < 4.78 is 0. The molecule has 0 spiro atoms. The molecule has 0 bridgehead atoms. The van der Waals surface area contributed by atoms with Crippen molar-refractivity contribution in [2.45, 2.75) is 45.7 Å². The van der Waals surface area contributed by atoms with Gasteiger partial charge in [-0.1, -0.05) is 27.7 Å². The number of hydrogen-bond acceptors (Lipinski definition) is 1. The van der Waals surface area contributed by atoms with Gasteiger partial charge in [-0.15, -0.1) is 0 Å². The number of nitrogens with zero attached hydrogens (tertiary/aromatic N) is 1. The average molecular weight is 173 g/mol. The number of hydrogen-bond donors (Lipinski definition) is 0. The van der Waals surface area contributed by atoms with Gasteiger partial charge in [0.25, 0.3) is 0 Å². The quantitative estimate of drug-likeness (QED) is 0.565. The summed E-state index contributed by atoms with van der Waals surface area (Å²) in [5.74, 6) is 0. The van der Waals surface area contributed by atoms with Crippen molar-refractivity contribution in [3.8, 4) is 0 Å². The zero-order valence-electron chi connectivity index (χ0n) is 8.78. The van der Waals surface area contributed by atoms with E-state index in [1.54, 1.807) is 0 Å². The summed E-state index contributed by atoms with van der Waals surface area (Å²) >= 11 is 0. The Morgan fingerprint density at radius 1 is 1.00 bits per heavy atom. The minimum absolute atomic E-state index is 0.573. The highest BCUT2D eigenvalue weighted by Gasteiger charge is 2.24. The van der Waals surface area contributed by atoms with Crippen LogP contribution in [-0.4, -0.2) is 33.4 Å². The molecular weight excluding hydrogens is 150 g/mol. The Morgan fingerprint density at radius 3 is 1.45 bits per heavy atom. The second kappa shape index (κ2) is 4.94. The van der Waals surface area contributed by atoms with E-state index in [4.69, 9.17) is 0 Å². The normalized spacial score (nSPS) is 12.8. The first kappa shape index (κ1) is 11.2. The third-order valence-corrected chi connectivity index (χ3v) is 5.10. The lowest BCUT2D eigenvalue weighted by Gasteiger charge is -2.39. The molecule has 1 nitrogen and oxygen atoms in total. The Hall–Kier alpha value is 0.177. The maximum absolute atomic E-state index is 2.61. The van der Waals surface area contributed by atoms with Crippen LogP contribution in [0.25, 0.3) is 0 Å². The molecule has 68 valence electrons. The Bertz CT molecular complexity index is 95.7. The molecule has 0 fully saturated rings. The topological polar surface area (TPSA) is 3.24 Å². The fourth-order valence-corrected chi connectivity index (χ4v) is 2.32. The highest BCUT2D eigenvalue weighted by molar-refractivity contribution is 6.15. The van der Waals surface area contributed by atoms with Crippen LogP contribution in [0.5, 0.6) is 0 Å². The van der Waals surface area contributed by atoms with Gasteiger partial charge in [0.15, 0.2) is 0 Å². The molecule has 0 aliphatic heterocycles. The second-order valence-corrected chi connectivity index (χ2v) is 5.24. The molecular formula is C9H23NSi. The molecule has 0 amide bonds. The molecule has 0 unspecified atom stereocenters. The predicted octanol–water partition coefficient (Wildman–Crippen LogP) is 1.21. The molecule has 0 aromatic rings. The summed E-state index contributed by atoms with van der Waals surface area (Å²) in [4.78, 5) is 2.61. The van der Waals surface area contributed by atoms with Crippen molar-refractivity contribution >= 4 is 10.2 Å². The third-order valence-electron chi connectivity index (χ3n) is 3.05. The fraction of sp³-hybridized carbons (Fsp3) is 1.00. The maximum atomic E-state index is 2.61. The molecule has 0 N–H and O–H groups in total. The van der Waals surface area contributed by atoms with Crippen LogP contribution in [0.3, 0.4) is 0 Å². The van der Waals surface area contributed by atoms with Crippen molar-refractivity contribution < 1.29 is 0 Å². The van der Waals surface area contributed by atoms with Crippen LogP contribution in [-0.2, 0) is 0 Å². The molecule has 0 rings (SSSR count). The summed E-state index contributed by atoms with van der Waals surface area (Å²) in [5, 5.41) is 0.573. The van der Waals surface area contributed by atoms with Crippen molar-refractivity contribution in [1.29, 1.82) is 0 Å². The van der Waals surface area contributed by atoms with Crippen LogP contribution in [0.1, 0.15) is 40.5 Å². The first-order chi connectivity index (χ1) is 5.14. The van der Waals surface area contributed by atoms with Crippen LogP contribution in [0, 0.1) is 0 Å². The average Bonchev–Trinajstić information content (AvgIpc) is 2.06. The molecule has 11 heavy (non-hydrogen) atoms. The SMILES string of the molecule is CCN(CC)C([SiH3])(CC)CC. The van der Waals surface area contributed by atoms with Crippen LogP contribution in [0.15, 0.2) is 0 Å². The Morgan fingerprint density at radius 2 is 1.36 bits per heavy atom. The summed E-state index contributed by atoms with van der Waals surface area (Å²) in [6.07, 6.45) is 2.63. The van der Waals surface area contributed by atoms with E-state index in [-0.39, 0.29) is 0 Å². The zero-order valence-corrected chi connectivity index (χ0v) is 10.8. The van der Waals surface area contributed by atoms with Gasteiger partial charge < -0.3 is 4.90 Å². The Balaban J connectivity index is 4.19. The zero-order chi connectivity index (χ0) is 8.91. The van der Waals surface area contributed by atoms with Crippen molar-refractivity contribution in [1.82, 2.24) is 4.90 Å². The molecule has 0 radical (unpaired) electrons. The van der Waals surface area contributed by atoms with Gasteiger partial charge in [0.2, 0.25) is 0 Å². The predicted molar refractivity (Wildman–Crippen MR) is 56.2 cm³/mol. The fourth-order valence-electron chi connectivity index (χ4n) is 1.68. The molecule has 0 aromatic carbocycles. The van der Waals surface area contributed by atoms with Crippen molar-refractivity contribution in [3.63, 3.8) is 0 Å². The van der Waals surface area contributed by atoms with Crippen LogP contribution < -0.4 is 0 Å². The van der Waals surface area contributed by atoms with Gasteiger partial charge in [-0.2, -0.15) is 0 Å². The van der Waals surface area contributed by atoms with Crippen molar-refractivity contribution in [2.24, 2.45) is 0 Å². The molecule has 0 aromatic heterocycles. The van der Waals surface area contributed by atoms with E-state index in [0.717, 1.165) is 0 Å². The standard InChI is InChI=1S/C9H23NSi/c1-5-9(11,6-2)10(7-3)8-4/h5-8H2,1-4,11H3. The minimum Gasteiger partial charge on any atom is -0.302 e. The van der Waals surface area contributed by atoms with Gasteiger partial charge in [-0.25, -0.2) is 0 Å². The molecule has 0 atom stereocenters. The lowest BCUT2D eigenvalue weighted by Crippen LogP contribution is -2.48. The lowest BCUT2D eigenvalue weighted by molar-refractivity contribution is 0.167. The summed E-state index contributed by atoms with van der Waals surface area (Å²) in [6, 6.07) is 0. The Kier molecular flexibility index (Phi) is 5.02. The molecule has 0 aliphatic rings. The Labute approximate surface area is 74.6 Å². The van der Waals surface area contributed by atoms with Crippen LogP contribution in [0.2, 0.25) is 0 Å². The molecule has 0 saturated heterocycles. The summed E-state index contributed by atoms with van der Waals surface area (Å²) in [5.41, 5.74) is 0. The van der Waals surface area contributed by atoms with Gasteiger partial charge in [0.1, 0.15) is 0 Å². The third kappa shape index (κ3) is 2.60. The molecule has 0 heterocycles. The monoisotopic (exact) mass is 173 g/mol. The van der Waals surface area contributed by atoms with Gasteiger partial charge in [0, 0.05) is 15.4 Å². The summed E-state index contributed by atoms with van der Waals surface area (Å²) in [6.45, 7) is 11.6. The van der Waals surface area contributed by atoms with Gasteiger partial charge in [0.05, 0.1) is 0 Å². The smallest absolute Gasteiger partial charge is 0.0283 e. The molecule has 0 aliphatic carbocycles. The minimum atomic E-state index is 0.573. The lowest BCUT2D eigenvalue weighted by atomic mass is 10.1. The van der Waals surface area contributed by atoms with E-state index in [2.05, 4.69) is 32.6 Å². The summed E-state index contributed by atoms with van der Waals surface area (Å²) in [7, 11) is 1.30. The van der Waals surface area contributed by atoms with E-state index >= 15 is 0 Å². The van der Waals surface area contributed by atoms with E-state index in [0.29, 0.717) is 5.16 Å². The molecule has 0 saturated carbocycles. The maximum Gasteiger partial charge on any atom is 0.0283 e. The van der Waals surface area contributed by atoms with Gasteiger partial charge in [-0.05, 0) is 25.9 Å². The van der Waals surface area contributed by atoms with E-state index < -0.39 is 0 Å². The highest BCUT2D eigenvalue weighted by atomic mass is 28.1. The molecule has 2 heteroatoms. The van der Waals surface area contributed by atoms with Crippen molar-refractivity contribution in [3.05, 3.63) is 0 Å². The van der Waals surface area contributed by atoms with Crippen molar-refractivity contribution in [2.75, 3.05) is 13.1 Å².